The molecule has 1 heterocycles. The molecule has 2 rings (SSSR count). The van der Waals surface area contributed by atoms with Gasteiger partial charge in [-0.05, 0) is 44.4 Å². The van der Waals surface area contributed by atoms with Gasteiger partial charge < -0.3 is 5.32 Å². The van der Waals surface area contributed by atoms with Crippen LogP contribution in [0.3, 0.4) is 0 Å². The monoisotopic (exact) mass is 302 g/mol. The lowest BCUT2D eigenvalue weighted by Gasteiger charge is -2.34. The standard InChI is InChI=1S/C19H30N2O/c1-14-8-9-16(15(2)11-14)12-21-10-6-7-17(13-21)20-18(22)19(3,4)5/h8-9,11,17H,6-7,10,12-13H2,1-5H3,(H,20,22). The molecule has 0 aromatic heterocycles. The average Bonchev–Trinajstić information content (AvgIpc) is 2.41. The molecule has 1 saturated heterocycles. The third kappa shape index (κ3) is 4.57. The van der Waals surface area contributed by atoms with Crippen molar-refractivity contribution in [2.75, 3.05) is 13.1 Å². The summed E-state index contributed by atoms with van der Waals surface area (Å²) in [5.41, 5.74) is 3.76. The molecule has 1 amide bonds. The Labute approximate surface area is 135 Å². The van der Waals surface area contributed by atoms with E-state index in [0.29, 0.717) is 0 Å². The number of hydrogen-bond donors (Lipinski definition) is 1. The van der Waals surface area contributed by atoms with Crippen LogP contribution in [0.1, 0.15) is 50.3 Å². The van der Waals surface area contributed by atoms with Gasteiger partial charge in [0.25, 0.3) is 0 Å². The summed E-state index contributed by atoms with van der Waals surface area (Å²) in [5.74, 6) is 0.158. The van der Waals surface area contributed by atoms with Crippen LogP contribution in [-0.2, 0) is 11.3 Å². The molecule has 0 radical (unpaired) electrons. The summed E-state index contributed by atoms with van der Waals surface area (Å²) in [5, 5.41) is 3.22. The fourth-order valence-electron chi connectivity index (χ4n) is 2.98. The zero-order valence-corrected chi connectivity index (χ0v) is 14.7. The van der Waals surface area contributed by atoms with Crippen LogP contribution in [0.5, 0.6) is 0 Å². The molecule has 0 bridgehead atoms. The SMILES string of the molecule is Cc1ccc(CN2CCCC(NC(=O)C(C)(C)C)C2)c(C)c1. The minimum atomic E-state index is -0.310. The maximum atomic E-state index is 12.2. The molecule has 1 aromatic carbocycles. The van der Waals surface area contributed by atoms with Crippen LogP contribution in [0.15, 0.2) is 18.2 Å². The zero-order valence-electron chi connectivity index (χ0n) is 14.7. The number of piperidine rings is 1. The largest absolute Gasteiger partial charge is 0.352 e. The van der Waals surface area contributed by atoms with Crippen LogP contribution in [0, 0.1) is 19.3 Å². The fraction of sp³-hybridized carbons (Fsp3) is 0.632. The summed E-state index contributed by atoms with van der Waals surface area (Å²) >= 11 is 0. The Morgan fingerprint density at radius 1 is 1.32 bits per heavy atom. The van der Waals surface area contributed by atoms with Crippen molar-refractivity contribution in [3.63, 3.8) is 0 Å². The Bertz CT molecular complexity index is 531. The molecule has 1 atom stereocenters. The molecule has 1 N–H and O–H groups in total. The van der Waals surface area contributed by atoms with Gasteiger partial charge in [0.05, 0.1) is 0 Å². The number of nitrogens with one attached hydrogen (secondary N) is 1. The lowest BCUT2D eigenvalue weighted by Crippen LogP contribution is -2.50. The average molecular weight is 302 g/mol. The Balaban J connectivity index is 1.94. The fourth-order valence-corrected chi connectivity index (χ4v) is 2.98. The molecule has 0 aliphatic carbocycles. The van der Waals surface area contributed by atoms with Crippen molar-refractivity contribution in [2.45, 2.75) is 60.0 Å². The molecule has 1 fully saturated rings. The molecular weight excluding hydrogens is 272 g/mol. The van der Waals surface area contributed by atoms with Gasteiger partial charge in [-0.3, -0.25) is 9.69 Å². The molecule has 1 aromatic rings. The third-order valence-electron chi connectivity index (χ3n) is 4.41. The van der Waals surface area contributed by atoms with Crippen molar-refractivity contribution in [3.05, 3.63) is 34.9 Å². The van der Waals surface area contributed by atoms with Gasteiger partial charge in [-0.25, -0.2) is 0 Å². The van der Waals surface area contributed by atoms with Crippen molar-refractivity contribution in [2.24, 2.45) is 5.41 Å². The van der Waals surface area contributed by atoms with E-state index in [1.165, 1.54) is 16.7 Å². The Hall–Kier alpha value is -1.35. The van der Waals surface area contributed by atoms with Gasteiger partial charge in [0.1, 0.15) is 0 Å². The Morgan fingerprint density at radius 3 is 2.68 bits per heavy atom. The number of likely N-dealkylation sites (tertiary alicyclic amines) is 1. The van der Waals surface area contributed by atoms with Crippen LogP contribution in [0.25, 0.3) is 0 Å². The summed E-state index contributed by atoms with van der Waals surface area (Å²) < 4.78 is 0. The first-order chi connectivity index (χ1) is 10.3. The van der Waals surface area contributed by atoms with E-state index in [-0.39, 0.29) is 17.4 Å². The van der Waals surface area contributed by atoms with Crippen LogP contribution in [-0.4, -0.2) is 29.9 Å². The van der Waals surface area contributed by atoms with Crippen molar-refractivity contribution in [3.8, 4) is 0 Å². The number of carbonyl (C=O) groups is 1. The topological polar surface area (TPSA) is 32.3 Å². The number of nitrogens with zero attached hydrogens (tertiary/aromatic N) is 1. The molecule has 0 spiro atoms. The van der Waals surface area contributed by atoms with Gasteiger partial charge in [0.2, 0.25) is 5.91 Å². The summed E-state index contributed by atoms with van der Waals surface area (Å²) in [6.45, 7) is 13.3. The molecule has 0 saturated carbocycles. The second kappa shape index (κ2) is 6.82. The van der Waals surface area contributed by atoms with Crippen LogP contribution >= 0.6 is 0 Å². The number of amides is 1. The van der Waals surface area contributed by atoms with Gasteiger partial charge in [-0.1, -0.05) is 44.5 Å². The van der Waals surface area contributed by atoms with Crippen molar-refractivity contribution in [1.29, 1.82) is 0 Å². The number of aryl methyl sites for hydroxylation is 2. The number of hydrogen-bond acceptors (Lipinski definition) is 2. The van der Waals surface area contributed by atoms with Crippen LogP contribution in [0.4, 0.5) is 0 Å². The number of carbonyl (C=O) groups excluding carboxylic acids is 1. The minimum absolute atomic E-state index is 0.158. The molecule has 22 heavy (non-hydrogen) atoms. The third-order valence-corrected chi connectivity index (χ3v) is 4.41. The molecule has 1 unspecified atom stereocenters. The molecule has 3 nitrogen and oxygen atoms in total. The van der Waals surface area contributed by atoms with Crippen molar-refractivity contribution in [1.82, 2.24) is 10.2 Å². The van der Waals surface area contributed by atoms with E-state index in [0.717, 1.165) is 32.5 Å². The lowest BCUT2D eigenvalue weighted by molar-refractivity contribution is -0.129. The van der Waals surface area contributed by atoms with E-state index in [1.54, 1.807) is 0 Å². The summed E-state index contributed by atoms with van der Waals surface area (Å²) in [4.78, 5) is 14.6. The lowest BCUT2D eigenvalue weighted by atomic mass is 9.94. The highest BCUT2D eigenvalue weighted by molar-refractivity contribution is 5.81. The maximum absolute atomic E-state index is 12.2. The number of rotatable bonds is 3. The van der Waals surface area contributed by atoms with Gasteiger partial charge in [-0.2, -0.15) is 0 Å². The molecule has 1 aliphatic rings. The van der Waals surface area contributed by atoms with Crippen molar-refractivity contribution < 1.29 is 4.79 Å². The molecule has 3 heteroatoms. The maximum Gasteiger partial charge on any atom is 0.225 e. The van der Waals surface area contributed by atoms with E-state index in [4.69, 9.17) is 0 Å². The number of benzene rings is 1. The molecule has 1 aliphatic heterocycles. The van der Waals surface area contributed by atoms with Gasteiger partial charge in [0.15, 0.2) is 0 Å². The Kier molecular flexibility index (Phi) is 5.28. The first-order valence-corrected chi connectivity index (χ1v) is 8.35. The first-order valence-electron chi connectivity index (χ1n) is 8.35. The van der Waals surface area contributed by atoms with Crippen LogP contribution < -0.4 is 5.32 Å². The predicted molar refractivity (Wildman–Crippen MR) is 91.8 cm³/mol. The van der Waals surface area contributed by atoms with E-state index >= 15 is 0 Å². The molecule has 122 valence electrons. The summed E-state index contributed by atoms with van der Waals surface area (Å²) in [7, 11) is 0. The van der Waals surface area contributed by atoms with E-state index in [9.17, 15) is 4.79 Å². The summed E-state index contributed by atoms with van der Waals surface area (Å²) in [6, 6.07) is 6.96. The highest BCUT2D eigenvalue weighted by Gasteiger charge is 2.27. The van der Waals surface area contributed by atoms with Crippen LogP contribution in [0.2, 0.25) is 0 Å². The van der Waals surface area contributed by atoms with Gasteiger partial charge in [-0.15, -0.1) is 0 Å². The molecular formula is C19H30N2O. The second-order valence-corrected chi connectivity index (χ2v) is 7.73. The van der Waals surface area contributed by atoms with E-state index < -0.39 is 0 Å². The highest BCUT2D eigenvalue weighted by Crippen LogP contribution is 2.19. The van der Waals surface area contributed by atoms with Crippen molar-refractivity contribution >= 4 is 5.91 Å². The first kappa shape index (κ1) is 17.0. The smallest absolute Gasteiger partial charge is 0.225 e. The highest BCUT2D eigenvalue weighted by atomic mass is 16.2. The summed E-state index contributed by atoms with van der Waals surface area (Å²) in [6.07, 6.45) is 2.24. The quantitative estimate of drug-likeness (QED) is 0.928. The minimum Gasteiger partial charge on any atom is -0.352 e. The van der Waals surface area contributed by atoms with Gasteiger partial charge in [0, 0.05) is 24.5 Å². The van der Waals surface area contributed by atoms with Gasteiger partial charge >= 0.3 is 0 Å². The second-order valence-electron chi connectivity index (χ2n) is 7.73. The predicted octanol–water partition coefficient (Wildman–Crippen LogP) is 3.43. The van der Waals surface area contributed by atoms with E-state index in [2.05, 4.69) is 42.3 Å². The zero-order chi connectivity index (χ0) is 16.3. The Morgan fingerprint density at radius 2 is 2.05 bits per heavy atom. The normalized spacial score (nSPS) is 20.0. The van der Waals surface area contributed by atoms with E-state index in [1.807, 2.05) is 20.8 Å².